The molecule has 0 aliphatic heterocycles. The third-order valence-electron chi connectivity index (χ3n) is 3.74. The van der Waals surface area contributed by atoms with E-state index in [0.717, 1.165) is 11.1 Å². The van der Waals surface area contributed by atoms with Crippen LogP contribution in [-0.2, 0) is 14.3 Å². The summed E-state index contributed by atoms with van der Waals surface area (Å²) in [5.74, 6) is -1.14. The monoisotopic (exact) mass is 354 g/mol. The van der Waals surface area contributed by atoms with Gasteiger partial charge >= 0.3 is 5.97 Å². The Morgan fingerprint density at radius 3 is 2.08 bits per heavy atom. The van der Waals surface area contributed by atoms with Gasteiger partial charge in [0.25, 0.3) is 5.91 Å². The van der Waals surface area contributed by atoms with Crippen LogP contribution in [0.2, 0.25) is 0 Å². The highest BCUT2D eigenvalue weighted by molar-refractivity contribution is 5.98. The number of hydrogen-bond acceptors (Lipinski definition) is 4. The molecular weight excluding hydrogens is 332 g/mol. The number of anilines is 2. The molecule has 0 bridgehead atoms. The number of carbonyl (C=O) groups is 3. The second kappa shape index (κ2) is 8.29. The number of nitrogens with one attached hydrogen (secondary N) is 2. The molecule has 0 aliphatic carbocycles. The molecule has 2 rings (SSSR count). The normalized spacial score (nSPS) is 11.4. The van der Waals surface area contributed by atoms with E-state index in [4.69, 9.17) is 4.74 Å². The number of amides is 2. The predicted molar refractivity (Wildman–Crippen MR) is 100 cm³/mol. The highest BCUT2D eigenvalue weighted by atomic mass is 16.5. The molecule has 2 amide bonds. The van der Waals surface area contributed by atoms with Gasteiger partial charge in [-0.25, -0.2) is 4.79 Å². The molecule has 136 valence electrons. The fourth-order valence-electron chi connectivity index (χ4n) is 2.32. The maximum atomic E-state index is 12.3. The zero-order valence-corrected chi connectivity index (χ0v) is 15.3. The second-order valence-corrected chi connectivity index (χ2v) is 6.11. The average Bonchev–Trinajstić information content (AvgIpc) is 2.58. The van der Waals surface area contributed by atoms with Gasteiger partial charge in [0.2, 0.25) is 5.91 Å². The van der Waals surface area contributed by atoms with Gasteiger partial charge in [-0.3, -0.25) is 9.59 Å². The molecule has 0 fully saturated rings. The van der Waals surface area contributed by atoms with Crippen LogP contribution in [-0.4, -0.2) is 23.9 Å². The minimum Gasteiger partial charge on any atom is -0.449 e. The molecule has 0 saturated carbocycles. The number of aryl methyl sites for hydroxylation is 2. The molecule has 0 aliphatic rings. The molecule has 2 aromatic rings. The smallest absolute Gasteiger partial charge is 0.339 e. The van der Waals surface area contributed by atoms with Crippen LogP contribution in [0.1, 0.15) is 35.3 Å². The summed E-state index contributed by atoms with van der Waals surface area (Å²) < 4.78 is 5.27. The van der Waals surface area contributed by atoms with Crippen molar-refractivity contribution in [1.29, 1.82) is 0 Å². The van der Waals surface area contributed by atoms with Crippen molar-refractivity contribution in [3.05, 3.63) is 59.2 Å². The van der Waals surface area contributed by atoms with Crippen molar-refractivity contribution in [2.45, 2.75) is 33.8 Å². The number of benzene rings is 2. The number of ether oxygens (including phenoxy) is 1. The lowest BCUT2D eigenvalue weighted by atomic mass is 10.1. The van der Waals surface area contributed by atoms with E-state index in [1.54, 1.807) is 30.3 Å². The molecule has 0 saturated heterocycles. The largest absolute Gasteiger partial charge is 0.449 e. The van der Waals surface area contributed by atoms with Gasteiger partial charge in [-0.05, 0) is 56.7 Å². The number of rotatable bonds is 5. The minimum absolute atomic E-state index is 0.172. The lowest BCUT2D eigenvalue weighted by Crippen LogP contribution is -2.30. The van der Waals surface area contributed by atoms with Gasteiger partial charge in [0.15, 0.2) is 6.10 Å². The Labute approximate surface area is 152 Å². The van der Waals surface area contributed by atoms with E-state index in [9.17, 15) is 14.4 Å². The van der Waals surface area contributed by atoms with Gasteiger partial charge in [-0.15, -0.1) is 0 Å². The quantitative estimate of drug-likeness (QED) is 0.806. The first-order chi connectivity index (χ1) is 12.3. The molecule has 26 heavy (non-hydrogen) atoms. The third-order valence-corrected chi connectivity index (χ3v) is 3.74. The van der Waals surface area contributed by atoms with Gasteiger partial charge in [0.1, 0.15) is 0 Å². The molecule has 0 aromatic heterocycles. The number of esters is 1. The van der Waals surface area contributed by atoms with E-state index in [2.05, 4.69) is 10.6 Å². The Morgan fingerprint density at radius 1 is 0.923 bits per heavy atom. The fourth-order valence-corrected chi connectivity index (χ4v) is 2.32. The van der Waals surface area contributed by atoms with Crippen molar-refractivity contribution in [3.8, 4) is 0 Å². The Hall–Kier alpha value is -3.15. The summed E-state index contributed by atoms with van der Waals surface area (Å²) in [7, 11) is 0. The zero-order valence-electron chi connectivity index (χ0n) is 15.3. The summed E-state index contributed by atoms with van der Waals surface area (Å²) in [4.78, 5) is 35.5. The average molecular weight is 354 g/mol. The summed E-state index contributed by atoms with van der Waals surface area (Å²) in [6, 6.07) is 12.1. The van der Waals surface area contributed by atoms with Crippen molar-refractivity contribution < 1.29 is 19.1 Å². The van der Waals surface area contributed by atoms with Crippen LogP contribution >= 0.6 is 0 Å². The lowest BCUT2D eigenvalue weighted by molar-refractivity contribution is -0.123. The standard InChI is InChI=1S/C20H22N2O4/c1-12-5-6-13(2)18(11-12)20(25)26-14(3)19(24)22-17-9-7-16(8-10-17)21-15(4)23/h5-11,14H,1-4H3,(H,21,23)(H,22,24)/t14-/m0/s1. The zero-order chi connectivity index (χ0) is 19.3. The first-order valence-corrected chi connectivity index (χ1v) is 8.23. The summed E-state index contributed by atoms with van der Waals surface area (Å²) >= 11 is 0. The van der Waals surface area contributed by atoms with Crippen molar-refractivity contribution >= 4 is 29.2 Å². The van der Waals surface area contributed by atoms with E-state index in [1.807, 2.05) is 26.0 Å². The maximum absolute atomic E-state index is 12.3. The van der Waals surface area contributed by atoms with E-state index >= 15 is 0 Å². The molecule has 2 aromatic carbocycles. The molecule has 0 heterocycles. The fraction of sp³-hybridized carbons (Fsp3) is 0.250. The minimum atomic E-state index is -0.947. The van der Waals surface area contributed by atoms with E-state index < -0.39 is 18.0 Å². The summed E-state index contributed by atoms with van der Waals surface area (Å²) in [5.41, 5.74) is 3.36. The van der Waals surface area contributed by atoms with Gasteiger partial charge in [0.05, 0.1) is 5.56 Å². The Balaban J connectivity index is 1.97. The molecule has 0 spiro atoms. The van der Waals surface area contributed by atoms with Gasteiger partial charge in [-0.1, -0.05) is 17.7 Å². The van der Waals surface area contributed by atoms with Crippen LogP contribution in [0.4, 0.5) is 11.4 Å². The first-order valence-electron chi connectivity index (χ1n) is 8.23. The van der Waals surface area contributed by atoms with Gasteiger partial charge < -0.3 is 15.4 Å². The van der Waals surface area contributed by atoms with Crippen molar-refractivity contribution in [1.82, 2.24) is 0 Å². The molecule has 0 radical (unpaired) electrons. The molecule has 1 atom stereocenters. The maximum Gasteiger partial charge on any atom is 0.339 e. The third kappa shape index (κ3) is 5.17. The SMILES string of the molecule is CC(=O)Nc1ccc(NC(=O)[C@H](C)OC(=O)c2cc(C)ccc2C)cc1. The molecule has 6 heteroatoms. The lowest BCUT2D eigenvalue weighted by Gasteiger charge is -2.15. The summed E-state index contributed by atoms with van der Waals surface area (Å²) in [6.07, 6.45) is -0.947. The van der Waals surface area contributed by atoms with E-state index in [-0.39, 0.29) is 5.91 Å². The molecule has 2 N–H and O–H groups in total. The van der Waals surface area contributed by atoms with E-state index in [0.29, 0.717) is 16.9 Å². The highest BCUT2D eigenvalue weighted by Gasteiger charge is 2.20. The van der Waals surface area contributed by atoms with Crippen LogP contribution in [0.5, 0.6) is 0 Å². The van der Waals surface area contributed by atoms with Crippen LogP contribution < -0.4 is 10.6 Å². The van der Waals surface area contributed by atoms with Crippen molar-refractivity contribution in [2.75, 3.05) is 10.6 Å². The van der Waals surface area contributed by atoms with E-state index in [1.165, 1.54) is 13.8 Å². The Bertz CT molecular complexity index is 828. The van der Waals surface area contributed by atoms with Crippen LogP contribution in [0.3, 0.4) is 0 Å². The Morgan fingerprint density at radius 2 is 1.50 bits per heavy atom. The second-order valence-electron chi connectivity index (χ2n) is 6.11. The predicted octanol–water partition coefficient (Wildman–Crippen LogP) is 3.45. The number of hydrogen-bond donors (Lipinski definition) is 2. The summed E-state index contributed by atoms with van der Waals surface area (Å²) in [5, 5.41) is 5.32. The number of carbonyl (C=O) groups excluding carboxylic acids is 3. The van der Waals surface area contributed by atoms with Gasteiger partial charge in [-0.2, -0.15) is 0 Å². The van der Waals surface area contributed by atoms with Crippen LogP contribution in [0.15, 0.2) is 42.5 Å². The Kier molecular flexibility index (Phi) is 6.11. The molecule has 6 nitrogen and oxygen atoms in total. The van der Waals surface area contributed by atoms with Crippen molar-refractivity contribution in [3.63, 3.8) is 0 Å². The first kappa shape index (κ1) is 19.2. The summed E-state index contributed by atoms with van der Waals surface area (Å²) in [6.45, 7) is 6.64. The van der Waals surface area contributed by atoms with Gasteiger partial charge in [0, 0.05) is 18.3 Å². The molecular formula is C20H22N2O4. The van der Waals surface area contributed by atoms with Crippen molar-refractivity contribution in [2.24, 2.45) is 0 Å². The van der Waals surface area contributed by atoms with Crippen LogP contribution in [0.25, 0.3) is 0 Å². The highest BCUT2D eigenvalue weighted by Crippen LogP contribution is 2.16. The van der Waals surface area contributed by atoms with Crippen LogP contribution in [0, 0.1) is 13.8 Å². The topological polar surface area (TPSA) is 84.5 Å². The molecule has 0 unspecified atom stereocenters.